The Labute approximate surface area is 155 Å². The number of aliphatic hydroxyl groups excluding tert-OH is 1. The molecule has 3 heteroatoms. The van der Waals surface area contributed by atoms with Crippen LogP contribution in [0.2, 0.25) is 0 Å². The van der Waals surface area contributed by atoms with Gasteiger partial charge in [-0.05, 0) is 75.9 Å². The molecule has 0 heterocycles. The number of hydrogen-bond acceptors (Lipinski definition) is 3. The highest BCUT2D eigenvalue weighted by molar-refractivity contribution is 6.02. The number of fused-ring (bicyclic) bond motifs is 5. The first-order valence-electron chi connectivity index (χ1n) is 9.70. The Morgan fingerprint density at radius 2 is 1.85 bits per heavy atom. The summed E-state index contributed by atoms with van der Waals surface area (Å²) in [4.78, 5) is 12.0. The lowest BCUT2D eigenvalue weighted by Crippen LogP contribution is -2.54. The van der Waals surface area contributed by atoms with Crippen molar-refractivity contribution in [3.05, 3.63) is 35.1 Å². The van der Waals surface area contributed by atoms with Crippen LogP contribution in [0.1, 0.15) is 53.4 Å². The maximum Gasteiger partial charge on any atom is 0.182 e. The Hall–Kier alpha value is -1.79. The molecule has 0 spiro atoms. The van der Waals surface area contributed by atoms with Crippen molar-refractivity contribution in [1.29, 1.82) is 0 Å². The van der Waals surface area contributed by atoms with Gasteiger partial charge in [0.25, 0.3) is 0 Å². The van der Waals surface area contributed by atoms with Gasteiger partial charge in [-0.25, -0.2) is 0 Å². The van der Waals surface area contributed by atoms with Crippen molar-refractivity contribution in [2.75, 3.05) is 0 Å². The second kappa shape index (κ2) is 5.36. The minimum Gasteiger partial charge on any atom is -0.511 e. The van der Waals surface area contributed by atoms with Crippen LogP contribution in [0.3, 0.4) is 0 Å². The summed E-state index contributed by atoms with van der Waals surface area (Å²) < 4.78 is 0. The van der Waals surface area contributed by atoms with Crippen molar-refractivity contribution >= 4 is 5.78 Å². The van der Waals surface area contributed by atoms with Crippen molar-refractivity contribution in [3.63, 3.8) is 0 Å². The van der Waals surface area contributed by atoms with Gasteiger partial charge in [0.05, 0.1) is 5.41 Å². The molecule has 2 fully saturated rings. The van der Waals surface area contributed by atoms with Gasteiger partial charge in [0.15, 0.2) is 5.78 Å². The third-order valence-corrected chi connectivity index (χ3v) is 8.08. The topological polar surface area (TPSA) is 57.5 Å². The zero-order chi connectivity index (χ0) is 18.9. The fourth-order valence-corrected chi connectivity index (χ4v) is 6.58. The maximum atomic E-state index is 12.0. The summed E-state index contributed by atoms with van der Waals surface area (Å²) >= 11 is 0. The van der Waals surface area contributed by atoms with E-state index in [2.05, 4.69) is 31.8 Å². The molecule has 0 saturated heterocycles. The number of ketones is 1. The second-order valence-corrected chi connectivity index (χ2v) is 9.06. The predicted molar refractivity (Wildman–Crippen MR) is 101 cm³/mol. The Kier molecular flexibility index (Phi) is 3.63. The summed E-state index contributed by atoms with van der Waals surface area (Å²) in [6.07, 6.45) is 8.85. The Morgan fingerprint density at radius 3 is 2.54 bits per heavy atom. The van der Waals surface area contributed by atoms with Gasteiger partial charge in [0, 0.05) is 11.5 Å². The predicted octanol–water partition coefficient (Wildman–Crippen LogP) is 4.10. The number of carbonyl (C=O) groups excluding carboxylic acids is 1. The van der Waals surface area contributed by atoms with Crippen molar-refractivity contribution in [2.24, 2.45) is 28.6 Å². The van der Waals surface area contributed by atoms with E-state index in [-0.39, 0.29) is 28.8 Å². The van der Waals surface area contributed by atoms with Crippen LogP contribution in [0.5, 0.6) is 0 Å². The van der Waals surface area contributed by atoms with Crippen molar-refractivity contribution in [3.8, 4) is 11.8 Å². The van der Waals surface area contributed by atoms with Crippen LogP contribution in [0.25, 0.3) is 0 Å². The normalized spacial score (nSPS) is 46.7. The molecule has 0 aliphatic heterocycles. The highest BCUT2D eigenvalue weighted by Crippen LogP contribution is 2.67. The number of allylic oxidation sites excluding steroid dienone is 5. The van der Waals surface area contributed by atoms with E-state index in [1.54, 1.807) is 13.0 Å². The highest BCUT2D eigenvalue weighted by atomic mass is 16.3. The summed E-state index contributed by atoms with van der Waals surface area (Å²) in [6, 6.07) is 0. The standard InChI is InChI=1S/C23H28O3/c1-5-8-23(26)10-7-17-16-11-14(2)19-12-15(24)13-20(25)22(19,4)18(16)6-9-21(17,23)3/h11-13,16-18,25-26H,6-7,9-10H2,1-4H3/t16-,17-,18-,21-,22+,23+/m0/s1. The second-order valence-electron chi connectivity index (χ2n) is 9.06. The molecule has 6 atom stereocenters. The molecule has 2 N–H and O–H groups in total. The molecule has 4 aliphatic carbocycles. The monoisotopic (exact) mass is 352 g/mol. The molecule has 3 nitrogen and oxygen atoms in total. The largest absolute Gasteiger partial charge is 0.511 e. The molecule has 0 radical (unpaired) electrons. The molecular weight excluding hydrogens is 324 g/mol. The molecule has 2 saturated carbocycles. The number of carbonyl (C=O) groups is 1. The van der Waals surface area contributed by atoms with E-state index < -0.39 is 11.0 Å². The maximum absolute atomic E-state index is 12.0. The van der Waals surface area contributed by atoms with Crippen LogP contribution in [0.4, 0.5) is 0 Å². The number of rotatable bonds is 0. The van der Waals surface area contributed by atoms with Gasteiger partial charge in [-0.15, -0.1) is 5.92 Å². The van der Waals surface area contributed by atoms with Crippen LogP contribution < -0.4 is 0 Å². The van der Waals surface area contributed by atoms with E-state index in [4.69, 9.17) is 0 Å². The molecule has 4 rings (SSSR count). The minimum atomic E-state index is -0.920. The smallest absolute Gasteiger partial charge is 0.182 e. The summed E-state index contributed by atoms with van der Waals surface area (Å²) in [5.41, 5.74) is 0.402. The van der Waals surface area contributed by atoms with Gasteiger partial charge < -0.3 is 10.2 Å². The third kappa shape index (κ3) is 1.97. The first-order chi connectivity index (χ1) is 12.2. The van der Waals surface area contributed by atoms with Crippen LogP contribution in [-0.4, -0.2) is 21.6 Å². The van der Waals surface area contributed by atoms with Gasteiger partial charge in [-0.3, -0.25) is 4.79 Å². The van der Waals surface area contributed by atoms with Gasteiger partial charge in [0.2, 0.25) is 0 Å². The zero-order valence-electron chi connectivity index (χ0n) is 16.1. The van der Waals surface area contributed by atoms with Crippen LogP contribution >= 0.6 is 0 Å². The number of hydrogen-bond donors (Lipinski definition) is 2. The Morgan fingerprint density at radius 1 is 1.15 bits per heavy atom. The summed E-state index contributed by atoms with van der Waals surface area (Å²) in [6.45, 7) is 8.12. The first kappa shape index (κ1) is 17.6. The van der Waals surface area contributed by atoms with Crippen molar-refractivity contribution in [2.45, 2.75) is 59.0 Å². The minimum absolute atomic E-state index is 0.129. The Bertz CT molecular complexity index is 835. The molecule has 4 aliphatic rings. The molecule has 0 aromatic carbocycles. The average molecular weight is 352 g/mol. The first-order valence-corrected chi connectivity index (χ1v) is 9.70. The van der Waals surface area contributed by atoms with Gasteiger partial charge >= 0.3 is 0 Å². The number of aliphatic hydroxyl groups is 2. The van der Waals surface area contributed by atoms with Crippen LogP contribution in [0, 0.1) is 40.4 Å². The molecule has 0 amide bonds. The molecular formula is C23H28O3. The molecule has 138 valence electrons. The summed E-state index contributed by atoms with van der Waals surface area (Å²) in [5, 5.41) is 22.1. The molecule has 0 bridgehead atoms. The fraction of sp³-hybridized carbons (Fsp3) is 0.609. The summed E-state index contributed by atoms with van der Waals surface area (Å²) in [7, 11) is 0. The van der Waals surface area contributed by atoms with E-state index in [1.807, 2.05) is 6.92 Å². The molecule has 26 heavy (non-hydrogen) atoms. The van der Waals surface area contributed by atoms with Gasteiger partial charge in [0.1, 0.15) is 11.4 Å². The molecule has 0 aromatic rings. The molecule has 0 aromatic heterocycles. The van der Waals surface area contributed by atoms with Crippen molar-refractivity contribution < 1.29 is 15.0 Å². The van der Waals surface area contributed by atoms with Crippen LogP contribution in [-0.2, 0) is 4.79 Å². The lowest BCUT2D eigenvalue weighted by atomic mass is 9.48. The molecule has 0 unspecified atom stereocenters. The van der Waals surface area contributed by atoms with Gasteiger partial charge in [-0.1, -0.05) is 24.5 Å². The lowest BCUT2D eigenvalue weighted by Gasteiger charge is -2.56. The van der Waals surface area contributed by atoms with Crippen LogP contribution in [0.15, 0.2) is 35.1 Å². The van der Waals surface area contributed by atoms with Gasteiger partial charge in [-0.2, -0.15) is 0 Å². The van der Waals surface area contributed by atoms with E-state index in [9.17, 15) is 15.0 Å². The quantitative estimate of drug-likeness (QED) is 0.645. The van der Waals surface area contributed by atoms with E-state index in [0.29, 0.717) is 12.3 Å². The fourth-order valence-electron chi connectivity index (χ4n) is 6.58. The summed E-state index contributed by atoms with van der Waals surface area (Å²) in [5.74, 6) is 7.00. The lowest BCUT2D eigenvalue weighted by molar-refractivity contribution is -0.111. The Balaban J connectivity index is 1.83. The van der Waals surface area contributed by atoms with E-state index in [1.165, 1.54) is 6.08 Å². The zero-order valence-corrected chi connectivity index (χ0v) is 16.1. The van der Waals surface area contributed by atoms with E-state index in [0.717, 1.165) is 30.4 Å². The van der Waals surface area contributed by atoms with Crippen molar-refractivity contribution in [1.82, 2.24) is 0 Å². The highest BCUT2D eigenvalue weighted by Gasteiger charge is 2.64. The average Bonchev–Trinajstić information content (AvgIpc) is 2.82. The van der Waals surface area contributed by atoms with E-state index >= 15 is 0 Å². The third-order valence-electron chi connectivity index (χ3n) is 8.08. The SMILES string of the molecule is CC#C[C@@]1(O)CC[C@H]2[C@@H]3C=C(C)C4=CC(=O)C=C(O)[C@]4(C)[C@H]3CC[C@@]21C.